The molecule has 226 valence electrons. The van der Waals surface area contributed by atoms with Crippen molar-refractivity contribution in [2.45, 2.75) is 13.0 Å². The summed E-state index contributed by atoms with van der Waals surface area (Å²) in [5.74, 6) is 0.662. The highest BCUT2D eigenvalue weighted by Crippen LogP contribution is 2.36. The Morgan fingerprint density at radius 1 is 1.11 bits per heavy atom. The zero-order chi connectivity index (χ0) is 31.7. The number of non-ortho nitro benzene ring substituents is 1. The number of hydrogen-bond acceptors (Lipinski definition) is 9. The van der Waals surface area contributed by atoms with E-state index in [1.54, 1.807) is 56.5 Å². The Morgan fingerprint density at radius 3 is 2.56 bits per heavy atom. The minimum absolute atomic E-state index is 0.134. The topological polar surface area (TPSA) is 126 Å². The SMILES string of the molecule is CCOC(=O)C1=C(c2ccccc2)N=c2s/c(=C\c3ccc(-c4cc([N+](=O)[O-])ccc4Cl)o3)c(=O)n2C1c1ccc(OC)cc1. The Morgan fingerprint density at radius 2 is 1.87 bits per heavy atom. The minimum atomic E-state index is -0.848. The van der Waals surface area contributed by atoms with E-state index in [0.717, 1.165) is 11.3 Å². The number of nitro groups is 1. The number of nitro benzene ring substituents is 1. The highest BCUT2D eigenvalue weighted by molar-refractivity contribution is 7.07. The van der Waals surface area contributed by atoms with E-state index in [-0.39, 0.29) is 28.4 Å². The maximum absolute atomic E-state index is 14.1. The van der Waals surface area contributed by atoms with Gasteiger partial charge in [0.15, 0.2) is 4.80 Å². The number of hydrogen-bond donors (Lipinski definition) is 0. The quantitative estimate of drug-likeness (QED) is 0.120. The first-order valence-corrected chi connectivity index (χ1v) is 14.9. The molecule has 6 rings (SSSR count). The number of nitrogens with zero attached hydrogens (tertiary/aromatic N) is 3. The van der Waals surface area contributed by atoms with Crippen molar-refractivity contribution in [3.8, 4) is 17.1 Å². The molecule has 0 aliphatic carbocycles. The Hall–Kier alpha value is -5.26. The number of carbonyl (C=O) groups excluding carboxylic acids is 1. The van der Waals surface area contributed by atoms with E-state index in [2.05, 4.69) is 0 Å². The summed E-state index contributed by atoms with van der Waals surface area (Å²) in [6.07, 6.45) is 1.57. The highest BCUT2D eigenvalue weighted by atomic mass is 35.5. The molecule has 1 aliphatic heterocycles. The Labute approximate surface area is 264 Å². The van der Waals surface area contributed by atoms with Crippen LogP contribution in [0.2, 0.25) is 5.02 Å². The average molecular weight is 642 g/mol. The molecule has 0 fully saturated rings. The maximum atomic E-state index is 14.1. The second kappa shape index (κ2) is 12.4. The van der Waals surface area contributed by atoms with Crippen LogP contribution in [0.4, 0.5) is 5.69 Å². The van der Waals surface area contributed by atoms with Crippen molar-refractivity contribution in [3.05, 3.63) is 142 Å². The third kappa shape index (κ3) is 5.70. The third-order valence-electron chi connectivity index (χ3n) is 7.13. The molecule has 1 atom stereocenters. The lowest BCUT2D eigenvalue weighted by atomic mass is 9.93. The highest BCUT2D eigenvalue weighted by Gasteiger charge is 2.35. The first-order valence-electron chi connectivity index (χ1n) is 13.8. The van der Waals surface area contributed by atoms with Gasteiger partial charge in [0.05, 0.1) is 45.5 Å². The number of furan rings is 1. The van der Waals surface area contributed by atoms with Crippen LogP contribution in [0, 0.1) is 10.1 Å². The second-order valence-corrected chi connectivity index (χ2v) is 11.2. The Balaban J connectivity index is 1.54. The molecule has 0 bridgehead atoms. The molecule has 0 saturated carbocycles. The number of esters is 1. The molecule has 3 aromatic carbocycles. The lowest BCUT2D eigenvalue weighted by Crippen LogP contribution is -2.40. The summed E-state index contributed by atoms with van der Waals surface area (Å²) in [7, 11) is 1.56. The van der Waals surface area contributed by atoms with Crippen LogP contribution in [0.25, 0.3) is 23.1 Å². The van der Waals surface area contributed by atoms with Crippen LogP contribution in [0.1, 0.15) is 29.9 Å². The summed E-state index contributed by atoms with van der Waals surface area (Å²) in [4.78, 5) is 43.7. The first kappa shape index (κ1) is 29.8. The lowest BCUT2D eigenvalue weighted by Gasteiger charge is -2.26. The van der Waals surface area contributed by atoms with Crippen LogP contribution < -0.4 is 19.6 Å². The number of fused-ring (bicyclic) bond motifs is 1. The van der Waals surface area contributed by atoms with E-state index in [1.165, 1.54) is 22.8 Å². The summed E-state index contributed by atoms with van der Waals surface area (Å²) in [5, 5.41) is 11.6. The fraction of sp³-hybridized carbons (Fsp3) is 0.121. The predicted octanol–water partition coefficient (Wildman–Crippen LogP) is 5.77. The monoisotopic (exact) mass is 641 g/mol. The number of benzene rings is 3. The molecule has 2 aromatic heterocycles. The number of halogens is 1. The van der Waals surface area contributed by atoms with Crippen LogP contribution in [0.3, 0.4) is 0 Å². The van der Waals surface area contributed by atoms with Gasteiger partial charge in [-0.3, -0.25) is 19.5 Å². The number of methoxy groups -OCH3 is 1. The molecule has 0 saturated heterocycles. The van der Waals surface area contributed by atoms with Crippen molar-refractivity contribution < 1.29 is 23.6 Å². The van der Waals surface area contributed by atoms with Gasteiger partial charge >= 0.3 is 5.97 Å². The number of carbonyl (C=O) groups is 1. The number of aromatic nitrogens is 1. The second-order valence-electron chi connectivity index (χ2n) is 9.83. The smallest absolute Gasteiger partial charge is 0.338 e. The van der Waals surface area contributed by atoms with Crippen molar-refractivity contribution in [1.82, 2.24) is 4.57 Å². The molecule has 1 unspecified atom stereocenters. The minimum Gasteiger partial charge on any atom is -0.497 e. The van der Waals surface area contributed by atoms with Crippen molar-refractivity contribution in [1.29, 1.82) is 0 Å². The Bertz CT molecular complexity index is 2150. The summed E-state index contributed by atoms with van der Waals surface area (Å²) < 4.78 is 18.6. The molecule has 5 aromatic rings. The molecule has 45 heavy (non-hydrogen) atoms. The van der Waals surface area contributed by atoms with Gasteiger partial charge < -0.3 is 13.9 Å². The van der Waals surface area contributed by atoms with E-state index in [0.29, 0.717) is 49.0 Å². The van der Waals surface area contributed by atoms with Crippen LogP contribution in [-0.4, -0.2) is 29.2 Å². The fourth-order valence-corrected chi connectivity index (χ4v) is 6.25. The van der Waals surface area contributed by atoms with Gasteiger partial charge in [-0.25, -0.2) is 9.79 Å². The number of rotatable bonds is 8. The van der Waals surface area contributed by atoms with E-state index < -0.39 is 16.9 Å². The van der Waals surface area contributed by atoms with Crippen molar-refractivity contribution >= 4 is 46.4 Å². The summed E-state index contributed by atoms with van der Waals surface area (Å²) in [5.41, 5.74) is 1.82. The number of thiazole rings is 1. The molecule has 12 heteroatoms. The van der Waals surface area contributed by atoms with Gasteiger partial charge in [0.2, 0.25) is 0 Å². The fourth-order valence-electron chi connectivity index (χ4n) is 5.06. The van der Waals surface area contributed by atoms with Crippen LogP contribution in [0.5, 0.6) is 5.75 Å². The van der Waals surface area contributed by atoms with Gasteiger partial charge in [-0.15, -0.1) is 0 Å². The molecule has 0 radical (unpaired) electrons. The van der Waals surface area contributed by atoms with Gasteiger partial charge in [0, 0.05) is 29.3 Å². The Kier molecular flexibility index (Phi) is 8.20. The van der Waals surface area contributed by atoms with Gasteiger partial charge in [-0.05, 0) is 42.8 Å². The van der Waals surface area contributed by atoms with Crippen LogP contribution in [0.15, 0.2) is 105 Å². The molecule has 0 spiro atoms. The van der Waals surface area contributed by atoms with Crippen molar-refractivity contribution in [2.75, 3.05) is 13.7 Å². The molecule has 0 amide bonds. The molecule has 3 heterocycles. The van der Waals surface area contributed by atoms with E-state index in [1.807, 2.05) is 30.3 Å². The largest absolute Gasteiger partial charge is 0.497 e. The molecule has 10 nitrogen and oxygen atoms in total. The average Bonchev–Trinajstić information content (AvgIpc) is 3.64. The third-order valence-corrected chi connectivity index (χ3v) is 8.44. The first-order chi connectivity index (χ1) is 21.8. The van der Waals surface area contributed by atoms with E-state index in [4.69, 9.17) is 30.5 Å². The maximum Gasteiger partial charge on any atom is 0.338 e. The van der Waals surface area contributed by atoms with Gasteiger partial charge in [0.25, 0.3) is 11.2 Å². The van der Waals surface area contributed by atoms with Gasteiger partial charge in [0.1, 0.15) is 17.3 Å². The van der Waals surface area contributed by atoms with E-state index >= 15 is 0 Å². The lowest BCUT2D eigenvalue weighted by molar-refractivity contribution is -0.384. The molecule has 1 aliphatic rings. The predicted molar refractivity (Wildman–Crippen MR) is 170 cm³/mol. The zero-order valence-electron chi connectivity index (χ0n) is 23.9. The molecule has 0 N–H and O–H groups in total. The van der Waals surface area contributed by atoms with Crippen molar-refractivity contribution in [3.63, 3.8) is 0 Å². The van der Waals surface area contributed by atoms with Crippen LogP contribution in [-0.2, 0) is 9.53 Å². The van der Waals surface area contributed by atoms with Gasteiger partial charge in [-0.1, -0.05) is 65.4 Å². The van der Waals surface area contributed by atoms with Crippen LogP contribution >= 0.6 is 22.9 Å². The normalized spacial score (nSPS) is 14.6. The van der Waals surface area contributed by atoms with Crippen molar-refractivity contribution in [2.24, 2.45) is 4.99 Å². The summed E-state index contributed by atoms with van der Waals surface area (Å²) in [6, 6.07) is 22.9. The summed E-state index contributed by atoms with van der Waals surface area (Å²) >= 11 is 7.46. The van der Waals surface area contributed by atoms with E-state index in [9.17, 15) is 19.7 Å². The zero-order valence-corrected chi connectivity index (χ0v) is 25.5. The van der Waals surface area contributed by atoms with Gasteiger partial charge in [-0.2, -0.15) is 0 Å². The standard InChI is InChI=1S/C33H24ClN3O7S/c1-3-43-32(39)28-29(19-7-5-4-6-8-19)35-33-36(30(28)20-9-12-22(42-2)13-10-20)31(38)27(45-33)18-23-14-16-26(44-23)24-17-21(37(40)41)11-15-25(24)34/h4-18,30H,3H2,1-2H3/b27-18-. The summed E-state index contributed by atoms with van der Waals surface area (Å²) in [6.45, 7) is 1.86. The molecular weight excluding hydrogens is 618 g/mol. The molecular formula is C33H24ClN3O7S. The number of ether oxygens (including phenoxy) is 2.